The first-order valence-electron chi connectivity index (χ1n) is 3.77. The van der Waals surface area contributed by atoms with Crippen molar-refractivity contribution >= 4 is 5.91 Å². The van der Waals surface area contributed by atoms with Gasteiger partial charge in [0.25, 0.3) is 5.91 Å². The van der Waals surface area contributed by atoms with Crippen LogP contribution >= 0.6 is 0 Å². The van der Waals surface area contributed by atoms with E-state index < -0.39 is 0 Å². The molecule has 0 radical (unpaired) electrons. The van der Waals surface area contributed by atoms with Gasteiger partial charge < -0.3 is 9.64 Å². The monoisotopic (exact) mass is 155 g/mol. The molecule has 0 aliphatic carbocycles. The molecule has 1 amide bonds. The molecular weight excluding hydrogens is 142 g/mol. The molecule has 1 rings (SSSR count). The number of carbonyl (C=O) groups excluding carboxylic acids is 1. The minimum Gasteiger partial charge on any atom is -0.368 e. The van der Waals surface area contributed by atoms with E-state index in [4.69, 9.17) is 4.74 Å². The van der Waals surface area contributed by atoms with Gasteiger partial charge in [-0.15, -0.1) is 0 Å². The van der Waals surface area contributed by atoms with Gasteiger partial charge in [0.15, 0.2) is 0 Å². The van der Waals surface area contributed by atoms with Crippen LogP contribution in [0.5, 0.6) is 0 Å². The van der Waals surface area contributed by atoms with Gasteiger partial charge in [0, 0.05) is 12.2 Å². The number of ether oxygens (including phenoxy) is 1. The average molecular weight is 155 g/mol. The number of hydrogen-bond donors (Lipinski definition) is 0. The molecule has 0 saturated heterocycles. The number of nitrogens with zero attached hydrogens (tertiary/aromatic N) is 1. The van der Waals surface area contributed by atoms with Crippen molar-refractivity contribution in [3.8, 4) is 0 Å². The summed E-state index contributed by atoms with van der Waals surface area (Å²) in [6.07, 6.45) is 3.64. The van der Waals surface area contributed by atoms with Gasteiger partial charge in [0.1, 0.15) is 6.61 Å². The Labute approximate surface area is 66.6 Å². The molecule has 1 aliphatic heterocycles. The lowest BCUT2D eigenvalue weighted by Crippen LogP contribution is -2.33. The maximum atomic E-state index is 11.2. The predicted molar refractivity (Wildman–Crippen MR) is 41.9 cm³/mol. The van der Waals surface area contributed by atoms with E-state index >= 15 is 0 Å². The molecule has 1 aliphatic rings. The van der Waals surface area contributed by atoms with E-state index in [2.05, 4.69) is 0 Å². The van der Waals surface area contributed by atoms with Crippen molar-refractivity contribution in [3.63, 3.8) is 0 Å². The minimum absolute atomic E-state index is 0.0359. The van der Waals surface area contributed by atoms with Gasteiger partial charge in [0.2, 0.25) is 0 Å². The smallest absolute Gasteiger partial charge is 0.252 e. The van der Waals surface area contributed by atoms with Crippen LogP contribution in [0.4, 0.5) is 0 Å². The summed E-state index contributed by atoms with van der Waals surface area (Å²) in [5.41, 5.74) is 0. The van der Waals surface area contributed by atoms with Crippen LogP contribution in [0.15, 0.2) is 12.3 Å². The van der Waals surface area contributed by atoms with E-state index in [9.17, 15) is 4.79 Å². The molecule has 0 aromatic carbocycles. The summed E-state index contributed by atoms with van der Waals surface area (Å²) in [4.78, 5) is 12.9. The fourth-order valence-electron chi connectivity index (χ4n) is 0.989. The summed E-state index contributed by atoms with van der Waals surface area (Å²) in [6, 6.07) is 0.223. The first kappa shape index (κ1) is 8.27. The Morgan fingerprint density at radius 3 is 3.00 bits per heavy atom. The fourth-order valence-corrected chi connectivity index (χ4v) is 0.989. The molecule has 0 bridgehead atoms. The Morgan fingerprint density at radius 2 is 2.36 bits per heavy atom. The van der Waals surface area contributed by atoms with Gasteiger partial charge in [-0.3, -0.25) is 4.79 Å². The van der Waals surface area contributed by atoms with Crippen molar-refractivity contribution in [1.82, 2.24) is 4.90 Å². The summed E-state index contributed by atoms with van der Waals surface area (Å²) < 4.78 is 5.01. The lowest BCUT2D eigenvalue weighted by Gasteiger charge is -2.20. The third-order valence-corrected chi connectivity index (χ3v) is 1.55. The number of rotatable bonds is 1. The summed E-state index contributed by atoms with van der Waals surface area (Å²) >= 11 is 0. The Kier molecular flexibility index (Phi) is 2.65. The maximum Gasteiger partial charge on any atom is 0.252 e. The highest BCUT2D eigenvalue weighted by atomic mass is 16.5. The second kappa shape index (κ2) is 3.53. The van der Waals surface area contributed by atoms with Crippen molar-refractivity contribution in [2.45, 2.75) is 19.9 Å². The highest BCUT2D eigenvalue weighted by Gasteiger charge is 2.15. The predicted octanol–water partition coefficient (Wildman–Crippen LogP) is 0.767. The first-order chi connectivity index (χ1) is 5.22. The lowest BCUT2D eigenvalue weighted by atomic mass is 10.3. The van der Waals surface area contributed by atoms with Gasteiger partial charge in [0.05, 0.1) is 6.61 Å². The Bertz CT molecular complexity index is 175. The molecule has 0 aromatic rings. The summed E-state index contributed by atoms with van der Waals surface area (Å²) in [7, 11) is 0. The zero-order valence-corrected chi connectivity index (χ0v) is 6.91. The Hall–Kier alpha value is -0.830. The van der Waals surface area contributed by atoms with Crippen LogP contribution in [0.3, 0.4) is 0 Å². The zero-order valence-electron chi connectivity index (χ0n) is 6.91. The van der Waals surface area contributed by atoms with Crippen molar-refractivity contribution in [2.75, 3.05) is 13.2 Å². The molecule has 0 aromatic heterocycles. The van der Waals surface area contributed by atoms with Crippen LogP contribution in [-0.4, -0.2) is 30.1 Å². The summed E-state index contributed by atoms with van der Waals surface area (Å²) in [6.45, 7) is 4.70. The standard InChI is InChI=1S/C8H13NO2/c1-7(2)9-4-3-5-11-6-8(9)10/h3-4,7H,5-6H2,1-2H3. The summed E-state index contributed by atoms with van der Waals surface area (Å²) in [5.74, 6) is 0.0359. The molecule has 0 spiro atoms. The topological polar surface area (TPSA) is 29.5 Å². The van der Waals surface area contributed by atoms with Gasteiger partial charge in [-0.05, 0) is 19.9 Å². The SMILES string of the molecule is CC(C)N1C=CCOCC1=O. The molecule has 3 heteroatoms. The van der Waals surface area contributed by atoms with Gasteiger partial charge in [-0.2, -0.15) is 0 Å². The molecule has 0 saturated carbocycles. The van der Waals surface area contributed by atoms with Gasteiger partial charge >= 0.3 is 0 Å². The largest absolute Gasteiger partial charge is 0.368 e. The molecule has 1 heterocycles. The maximum absolute atomic E-state index is 11.2. The van der Waals surface area contributed by atoms with Crippen LogP contribution in [0, 0.1) is 0 Å². The van der Waals surface area contributed by atoms with E-state index in [0.29, 0.717) is 6.61 Å². The number of hydrogen-bond acceptors (Lipinski definition) is 2. The van der Waals surface area contributed by atoms with E-state index in [1.54, 1.807) is 11.1 Å². The number of carbonyl (C=O) groups is 1. The Morgan fingerprint density at radius 1 is 1.64 bits per heavy atom. The Balaban J connectivity index is 2.65. The minimum atomic E-state index is 0.0359. The normalized spacial score (nSPS) is 19.2. The molecule has 0 atom stereocenters. The van der Waals surface area contributed by atoms with Gasteiger partial charge in [-0.1, -0.05) is 0 Å². The van der Waals surface area contributed by atoms with Crippen molar-refractivity contribution in [3.05, 3.63) is 12.3 Å². The molecule has 11 heavy (non-hydrogen) atoms. The second-order valence-corrected chi connectivity index (χ2v) is 2.79. The third-order valence-electron chi connectivity index (χ3n) is 1.55. The van der Waals surface area contributed by atoms with Crippen molar-refractivity contribution in [1.29, 1.82) is 0 Å². The van der Waals surface area contributed by atoms with E-state index in [-0.39, 0.29) is 18.6 Å². The highest BCUT2D eigenvalue weighted by molar-refractivity contribution is 5.79. The molecule has 0 unspecified atom stereocenters. The molecule has 3 nitrogen and oxygen atoms in total. The van der Waals surface area contributed by atoms with Crippen molar-refractivity contribution in [2.24, 2.45) is 0 Å². The van der Waals surface area contributed by atoms with Crippen molar-refractivity contribution < 1.29 is 9.53 Å². The van der Waals surface area contributed by atoms with Crippen LogP contribution in [-0.2, 0) is 9.53 Å². The highest BCUT2D eigenvalue weighted by Crippen LogP contribution is 2.03. The quantitative estimate of drug-likeness (QED) is 0.559. The van der Waals surface area contributed by atoms with Gasteiger partial charge in [-0.25, -0.2) is 0 Å². The van der Waals surface area contributed by atoms with E-state index in [0.717, 1.165) is 0 Å². The fraction of sp³-hybridized carbons (Fsp3) is 0.625. The van der Waals surface area contributed by atoms with Crippen LogP contribution < -0.4 is 0 Å². The molecule has 0 fully saturated rings. The second-order valence-electron chi connectivity index (χ2n) is 2.79. The first-order valence-corrected chi connectivity index (χ1v) is 3.77. The number of amides is 1. The molecule has 62 valence electrons. The zero-order chi connectivity index (χ0) is 8.27. The lowest BCUT2D eigenvalue weighted by molar-refractivity contribution is -0.133. The van der Waals surface area contributed by atoms with E-state index in [1.807, 2.05) is 19.9 Å². The molecular formula is C8H13NO2. The molecule has 0 N–H and O–H groups in total. The summed E-state index contributed by atoms with van der Waals surface area (Å²) in [5, 5.41) is 0. The average Bonchev–Trinajstić information content (AvgIpc) is 2.13. The third kappa shape index (κ3) is 2.05. The van der Waals surface area contributed by atoms with Crippen LogP contribution in [0.2, 0.25) is 0 Å². The van der Waals surface area contributed by atoms with Crippen LogP contribution in [0.25, 0.3) is 0 Å². The van der Waals surface area contributed by atoms with E-state index in [1.165, 1.54) is 0 Å². The van der Waals surface area contributed by atoms with Crippen LogP contribution in [0.1, 0.15) is 13.8 Å².